The van der Waals surface area contributed by atoms with Crippen molar-refractivity contribution < 1.29 is 0 Å². The zero-order chi connectivity index (χ0) is 7.94. The van der Waals surface area contributed by atoms with Crippen LogP contribution < -0.4 is 5.32 Å². The van der Waals surface area contributed by atoms with Crippen molar-refractivity contribution in [1.82, 2.24) is 5.32 Å². The van der Waals surface area contributed by atoms with Gasteiger partial charge in [0, 0.05) is 6.54 Å². The third kappa shape index (κ3) is 3.57. The molecule has 1 rings (SSSR count). The van der Waals surface area contributed by atoms with E-state index in [9.17, 15) is 0 Å². The van der Waals surface area contributed by atoms with Crippen LogP contribution in [-0.4, -0.2) is 13.1 Å². The van der Waals surface area contributed by atoms with Crippen molar-refractivity contribution in [2.75, 3.05) is 13.1 Å². The Balaban J connectivity index is 2.09. The van der Waals surface area contributed by atoms with E-state index in [0.717, 1.165) is 13.1 Å². The van der Waals surface area contributed by atoms with E-state index >= 15 is 0 Å². The van der Waals surface area contributed by atoms with Gasteiger partial charge in [-0.05, 0) is 38.6 Å². The van der Waals surface area contributed by atoms with Gasteiger partial charge in [-0.15, -0.1) is 0 Å². The minimum Gasteiger partial charge on any atom is -0.313 e. The van der Waals surface area contributed by atoms with Gasteiger partial charge < -0.3 is 5.32 Å². The number of hydrogen-bond acceptors (Lipinski definition) is 1. The van der Waals surface area contributed by atoms with E-state index in [2.05, 4.69) is 18.3 Å². The van der Waals surface area contributed by atoms with Crippen LogP contribution in [0.5, 0.6) is 0 Å². The summed E-state index contributed by atoms with van der Waals surface area (Å²) in [5.74, 6) is 0. The second-order valence-electron chi connectivity index (χ2n) is 3.28. The topological polar surface area (TPSA) is 12.0 Å². The van der Waals surface area contributed by atoms with E-state index in [1.807, 2.05) is 0 Å². The first-order valence-electron chi connectivity index (χ1n) is 4.82. The van der Waals surface area contributed by atoms with Gasteiger partial charge in [0.15, 0.2) is 0 Å². The standard InChI is InChI=1S/C10H19N/c1-2-8-11-9-10-6-4-3-5-7-10/h6,11H,2-5,7-9H2,1H3. The Bertz CT molecular complexity index is 127. The zero-order valence-electron chi connectivity index (χ0n) is 7.53. The maximum atomic E-state index is 3.44. The molecule has 1 N–H and O–H groups in total. The molecule has 0 saturated carbocycles. The lowest BCUT2D eigenvalue weighted by Gasteiger charge is -2.12. The summed E-state index contributed by atoms with van der Waals surface area (Å²) >= 11 is 0. The molecule has 0 aromatic rings. The highest BCUT2D eigenvalue weighted by molar-refractivity contribution is 5.06. The first kappa shape index (κ1) is 8.79. The molecule has 1 nitrogen and oxygen atoms in total. The van der Waals surface area contributed by atoms with Crippen molar-refractivity contribution in [3.05, 3.63) is 11.6 Å². The average molecular weight is 153 g/mol. The maximum absolute atomic E-state index is 3.44. The van der Waals surface area contributed by atoms with Gasteiger partial charge in [-0.3, -0.25) is 0 Å². The number of hydrogen-bond donors (Lipinski definition) is 1. The first-order chi connectivity index (χ1) is 5.43. The molecule has 1 aliphatic carbocycles. The largest absolute Gasteiger partial charge is 0.313 e. The smallest absolute Gasteiger partial charge is 0.0164 e. The average Bonchev–Trinajstić information content (AvgIpc) is 2.07. The summed E-state index contributed by atoms with van der Waals surface area (Å²) in [4.78, 5) is 0. The summed E-state index contributed by atoms with van der Waals surface area (Å²) in [6.45, 7) is 4.51. The van der Waals surface area contributed by atoms with Crippen molar-refractivity contribution in [2.45, 2.75) is 39.0 Å². The van der Waals surface area contributed by atoms with Gasteiger partial charge in [-0.1, -0.05) is 18.6 Å². The molecule has 11 heavy (non-hydrogen) atoms. The van der Waals surface area contributed by atoms with Gasteiger partial charge in [0.2, 0.25) is 0 Å². The number of nitrogens with one attached hydrogen (secondary N) is 1. The fraction of sp³-hybridized carbons (Fsp3) is 0.800. The van der Waals surface area contributed by atoms with E-state index in [0.29, 0.717) is 0 Å². The third-order valence-electron chi connectivity index (χ3n) is 2.16. The van der Waals surface area contributed by atoms with Crippen molar-refractivity contribution in [2.24, 2.45) is 0 Å². The minimum absolute atomic E-state index is 1.13. The molecule has 0 fully saturated rings. The van der Waals surface area contributed by atoms with Gasteiger partial charge in [-0.25, -0.2) is 0 Å². The maximum Gasteiger partial charge on any atom is 0.0164 e. The lowest BCUT2D eigenvalue weighted by molar-refractivity contribution is 0.643. The molecule has 0 aliphatic heterocycles. The normalized spacial score (nSPS) is 18.1. The molecule has 0 unspecified atom stereocenters. The van der Waals surface area contributed by atoms with Crippen LogP contribution in [0.1, 0.15) is 39.0 Å². The highest BCUT2D eigenvalue weighted by Crippen LogP contribution is 2.15. The van der Waals surface area contributed by atoms with Gasteiger partial charge in [-0.2, -0.15) is 0 Å². The Hall–Kier alpha value is -0.300. The number of rotatable bonds is 4. The molecule has 0 aromatic heterocycles. The van der Waals surface area contributed by atoms with Crippen LogP contribution >= 0.6 is 0 Å². The summed E-state index contributed by atoms with van der Waals surface area (Å²) in [6, 6.07) is 0. The monoisotopic (exact) mass is 153 g/mol. The molecule has 0 bridgehead atoms. The summed E-state index contributed by atoms with van der Waals surface area (Å²) in [6.07, 6.45) is 9.09. The Kier molecular flexibility index (Phi) is 4.29. The summed E-state index contributed by atoms with van der Waals surface area (Å²) in [7, 11) is 0. The van der Waals surface area contributed by atoms with E-state index in [1.165, 1.54) is 32.1 Å². The van der Waals surface area contributed by atoms with Crippen LogP contribution in [0.2, 0.25) is 0 Å². The fourth-order valence-corrected chi connectivity index (χ4v) is 1.49. The molecule has 0 heterocycles. The van der Waals surface area contributed by atoms with Crippen LogP contribution in [0.3, 0.4) is 0 Å². The lowest BCUT2D eigenvalue weighted by atomic mass is 10.00. The lowest BCUT2D eigenvalue weighted by Crippen LogP contribution is -2.18. The van der Waals surface area contributed by atoms with E-state index in [4.69, 9.17) is 0 Å². The van der Waals surface area contributed by atoms with Crippen molar-refractivity contribution in [3.8, 4) is 0 Å². The van der Waals surface area contributed by atoms with Gasteiger partial charge >= 0.3 is 0 Å². The molecule has 0 amide bonds. The summed E-state index contributed by atoms with van der Waals surface area (Å²) in [5.41, 5.74) is 1.63. The predicted molar refractivity (Wildman–Crippen MR) is 49.7 cm³/mol. The second-order valence-corrected chi connectivity index (χ2v) is 3.28. The molecule has 1 aliphatic rings. The predicted octanol–water partition coefficient (Wildman–Crippen LogP) is 2.49. The second kappa shape index (κ2) is 5.36. The zero-order valence-corrected chi connectivity index (χ0v) is 7.53. The molecule has 64 valence electrons. The van der Waals surface area contributed by atoms with Crippen molar-refractivity contribution in [3.63, 3.8) is 0 Å². The van der Waals surface area contributed by atoms with Crippen LogP contribution in [0.4, 0.5) is 0 Å². The summed E-state index contributed by atoms with van der Waals surface area (Å²) < 4.78 is 0. The van der Waals surface area contributed by atoms with Crippen LogP contribution in [0.15, 0.2) is 11.6 Å². The third-order valence-corrected chi connectivity index (χ3v) is 2.16. The molecule has 0 saturated heterocycles. The van der Waals surface area contributed by atoms with Gasteiger partial charge in [0.05, 0.1) is 0 Å². The molecule has 1 heteroatoms. The molecule has 0 radical (unpaired) electrons. The highest BCUT2D eigenvalue weighted by Gasteiger charge is 2.01. The number of allylic oxidation sites excluding steroid dienone is 1. The van der Waals surface area contributed by atoms with Crippen LogP contribution in [0.25, 0.3) is 0 Å². The van der Waals surface area contributed by atoms with Gasteiger partial charge in [0.1, 0.15) is 0 Å². The minimum atomic E-state index is 1.13. The Morgan fingerprint density at radius 3 is 3.00 bits per heavy atom. The highest BCUT2D eigenvalue weighted by atomic mass is 14.8. The summed E-state index contributed by atoms with van der Waals surface area (Å²) in [5, 5.41) is 3.44. The van der Waals surface area contributed by atoms with E-state index in [-0.39, 0.29) is 0 Å². The fourth-order valence-electron chi connectivity index (χ4n) is 1.49. The Labute approximate surface area is 69.9 Å². The Morgan fingerprint density at radius 2 is 2.36 bits per heavy atom. The van der Waals surface area contributed by atoms with Crippen molar-refractivity contribution >= 4 is 0 Å². The molecule has 0 aromatic carbocycles. The van der Waals surface area contributed by atoms with Crippen LogP contribution in [0, 0.1) is 0 Å². The van der Waals surface area contributed by atoms with E-state index < -0.39 is 0 Å². The van der Waals surface area contributed by atoms with Crippen molar-refractivity contribution in [1.29, 1.82) is 0 Å². The van der Waals surface area contributed by atoms with E-state index in [1.54, 1.807) is 5.57 Å². The van der Waals surface area contributed by atoms with Crippen LogP contribution in [-0.2, 0) is 0 Å². The molecule has 0 spiro atoms. The Morgan fingerprint density at radius 1 is 1.45 bits per heavy atom. The molecular weight excluding hydrogens is 134 g/mol. The SMILES string of the molecule is CCCNCC1=CCCCC1. The molecular formula is C10H19N. The van der Waals surface area contributed by atoms with Gasteiger partial charge in [0.25, 0.3) is 0 Å². The first-order valence-corrected chi connectivity index (χ1v) is 4.82. The molecule has 0 atom stereocenters. The quantitative estimate of drug-likeness (QED) is 0.483.